The quantitative estimate of drug-likeness (QED) is 0.849. The number of ether oxygens (including phenoxy) is 1. The summed E-state index contributed by atoms with van der Waals surface area (Å²) in [6.45, 7) is 8.96. The lowest BCUT2D eigenvalue weighted by Gasteiger charge is -2.32. The maximum atomic E-state index is 6.10. The molecule has 2 fully saturated rings. The van der Waals surface area contributed by atoms with Crippen LogP contribution < -0.4 is 11.2 Å². The second-order valence-corrected chi connectivity index (χ2v) is 7.19. The first-order chi connectivity index (χ1) is 10.3. The molecule has 0 aliphatic carbocycles. The van der Waals surface area contributed by atoms with E-state index in [1.54, 1.807) is 0 Å². The Morgan fingerprint density at radius 2 is 1.82 bits per heavy atom. The van der Waals surface area contributed by atoms with Crippen molar-refractivity contribution in [2.45, 2.75) is 64.3 Å². The molecule has 0 radical (unpaired) electrons. The molecule has 22 heavy (non-hydrogen) atoms. The number of hydrogen-bond acceptors (Lipinski definition) is 5. The molecule has 2 aliphatic rings. The van der Waals surface area contributed by atoms with Crippen molar-refractivity contribution in [2.24, 2.45) is 0 Å². The number of nitrogens with zero attached hydrogens (tertiary/aromatic N) is 1. The van der Waals surface area contributed by atoms with Gasteiger partial charge in [-0.15, -0.1) is 0 Å². The second kappa shape index (κ2) is 5.51. The Kier molecular flexibility index (Phi) is 3.95. The minimum Gasteiger partial charge on any atom is -0.399 e. The lowest BCUT2D eigenvalue weighted by Crippen LogP contribution is -2.41. The van der Waals surface area contributed by atoms with Gasteiger partial charge in [-0.25, -0.2) is 4.98 Å². The molecule has 1 unspecified atom stereocenters. The van der Waals surface area contributed by atoms with Crippen molar-refractivity contribution in [2.75, 3.05) is 12.3 Å². The first-order valence-corrected chi connectivity index (χ1v) is 8.03. The summed E-state index contributed by atoms with van der Waals surface area (Å²) in [6.07, 6.45) is 3.29. The van der Waals surface area contributed by atoms with E-state index in [1.165, 1.54) is 0 Å². The molecule has 2 saturated heterocycles. The van der Waals surface area contributed by atoms with Gasteiger partial charge in [0.05, 0.1) is 23.0 Å². The van der Waals surface area contributed by atoms with Crippen LogP contribution >= 0.6 is 0 Å². The highest BCUT2D eigenvalue weighted by atomic mass is 16.7. The van der Waals surface area contributed by atoms with E-state index in [2.05, 4.69) is 4.98 Å². The van der Waals surface area contributed by atoms with E-state index in [-0.39, 0.29) is 17.3 Å². The number of nitrogens with two attached hydrogens (primary N) is 1. The molecule has 0 bridgehead atoms. The van der Waals surface area contributed by atoms with E-state index in [0.29, 0.717) is 5.82 Å². The maximum absolute atomic E-state index is 6.10. The molecule has 0 saturated carbocycles. The van der Waals surface area contributed by atoms with Gasteiger partial charge in [0.2, 0.25) is 0 Å². The van der Waals surface area contributed by atoms with Gasteiger partial charge in [0, 0.05) is 6.61 Å². The molecule has 1 aromatic heterocycles. The highest BCUT2D eigenvalue weighted by molar-refractivity contribution is 6.62. The minimum absolute atomic E-state index is 0.0263. The summed E-state index contributed by atoms with van der Waals surface area (Å²) < 4.78 is 18.0. The van der Waals surface area contributed by atoms with Gasteiger partial charge in [-0.3, -0.25) is 0 Å². The summed E-state index contributed by atoms with van der Waals surface area (Å²) in [5.74, 6) is 0.483. The van der Waals surface area contributed by atoms with Crippen LogP contribution in [-0.4, -0.2) is 29.9 Å². The third-order valence-corrected chi connectivity index (χ3v) is 4.92. The number of anilines is 1. The fourth-order valence-corrected chi connectivity index (χ4v) is 2.85. The topological polar surface area (TPSA) is 66.6 Å². The Balaban J connectivity index is 1.87. The van der Waals surface area contributed by atoms with Crippen LogP contribution in [0.5, 0.6) is 0 Å². The molecule has 1 aromatic rings. The standard InChI is InChI=1S/C16H25BN2O3/c1-15(2)16(3,4)22-17(21-15)11-9-12(19-14(18)10-11)13-7-5-6-8-20-13/h9-10,13H,5-8H2,1-4H3,(H2,18,19). The highest BCUT2D eigenvalue weighted by Gasteiger charge is 2.51. The van der Waals surface area contributed by atoms with Crippen LogP contribution in [0.3, 0.4) is 0 Å². The van der Waals surface area contributed by atoms with Crippen LogP contribution in [0, 0.1) is 0 Å². The SMILES string of the molecule is CC1(C)OB(c2cc(N)nc(C3CCCCO3)c2)OC1(C)C. The predicted molar refractivity (Wildman–Crippen MR) is 86.9 cm³/mol. The molecule has 0 amide bonds. The number of hydrogen-bond donors (Lipinski definition) is 1. The summed E-state index contributed by atoms with van der Waals surface area (Å²) >= 11 is 0. The smallest absolute Gasteiger partial charge is 0.399 e. The van der Waals surface area contributed by atoms with E-state index >= 15 is 0 Å². The first kappa shape index (κ1) is 15.8. The second-order valence-electron chi connectivity index (χ2n) is 7.19. The zero-order valence-corrected chi connectivity index (χ0v) is 13.9. The molecule has 5 nitrogen and oxygen atoms in total. The van der Waals surface area contributed by atoms with Gasteiger partial charge in [0.25, 0.3) is 0 Å². The van der Waals surface area contributed by atoms with E-state index in [9.17, 15) is 0 Å². The van der Waals surface area contributed by atoms with E-state index in [1.807, 2.05) is 39.8 Å². The van der Waals surface area contributed by atoms with Crippen LogP contribution in [0.15, 0.2) is 12.1 Å². The van der Waals surface area contributed by atoms with E-state index < -0.39 is 7.12 Å². The Morgan fingerprint density at radius 3 is 2.41 bits per heavy atom. The number of pyridine rings is 1. The zero-order chi connectivity index (χ0) is 16.0. The van der Waals surface area contributed by atoms with Crippen molar-refractivity contribution in [3.8, 4) is 0 Å². The monoisotopic (exact) mass is 304 g/mol. The zero-order valence-electron chi connectivity index (χ0n) is 13.9. The minimum atomic E-state index is -0.419. The van der Waals surface area contributed by atoms with Crippen LogP contribution in [0.25, 0.3) is 0 Å². The van der Waals surface area contributed by atoms with Crippen molar-refractivity contribution < 1.29 is 14.0 Å². The van der Waals surface area contributed by atoms with Crippen molar-refractivity contribution >= 4 is 18.4 Å². The molecule has 2 aliphatic heterocycles. The largest absolute Gasteiger partial charge is 0.495 e. The number of rotatable bonds is 2. The van der Waals surface area contributed by atoms with Crippen LogP contribution in [0.1, 0.15) is 58.8 Å². The van der Waals surface area contributed by atoms with Gasteiger partial charge in [-0.05, 0) is 64.6 Å². The molecule has 2 N–H and O–H groups in total. The summed E-state index contributed by atoms with van der Waals surface area (Å²) in [7, 11) is -0.419. The van der Waals surface area contributed by atoms with Gasteiger partial charge in [0.1, 0.15) is 5.82 Å². The first-order valence-electron chi connectivity index (χ1n) is 8.03. The third-order valence-electron chi connectivity index (χ3n) is 4.92. The van der Waals surface area contributed by atoms with Crippen LogP contribution in [0.4, 0.5) is 5.82 Å². The third kappa shape index (κ3) is 2.87. The van der Waals surface area contributed by atoms with Crippen LogP contribution in [0.2, 0.25) is 0 Å². The van der Waals surface area contributed by atoms with Crippen molar-refractivity contribution in [3.05, 3.63) is 17.8 Å². The molecule has 0 spiro atoms. The molecule has 6 heteroatoms. The Labute approximate surface area is 132 Å². The Hall–Kier alpha value is -1.11. The van der Waals surface area contributed by atoms with Crippen molar-refractivity contribution in [1.82, 2.24) is 4.98 Å². The average Bonchev–Trinajstić information content (AvgIpc) is 2.68. The fourth-order valence-electron chi connectivity index (χ4n) is 2.85. The summed E-state index contributed by atoms with van der Waals surface area (Å²) in [5.41, 5.74) is 7.05. The lowest BCUT2D eigenvalue weighted by atomic mass is 9.78. The molecular formula is C16H25BN2O3. The Bertz CT molecular complexity index is 540. The average molecular weight is 304 g/mol. The van der Waals surface area contributed by atoms with Crippen molar-refractivity contribution in [3.63, 3.8) is 0 Å². The van der Waals surface area contributed by atoms with Crippen molar-refractivity contribution in [1.29, 1.82) is 0 Å². The summed E-state index contributed by atoms with van der Waals surface area (Å²) in [5, 5.41) is 0. The fraction of sp³-hybridized carbons (Fsp3) is 0.688. The molecule has 120 valence electrons. The maximum Gasteiger partial charge on any atom is 0.495 e. The van der Waals surface area contributed by atoms with Gasteiger partial charge in [0.15, 0.2) is 0 Å². The predicted octanol–water partition coefficient (Wildman–Crippen LogP) is 2.20. The molecule has 1 atom stereocenters. The summed E-state index contributed by atoms with van der Waals surface area (Å²) in [4.78, 5) is 4.44. The van der Waals surface area contributed by atoms with E-state index in [4.69, 9.17) is 19.8 Å². The van der Waals surface area contributed by atoms with Gasteiger partial charge >= 0.3 is 7.12 Å². The summed E-state index contributed by atoms with van der Waals surface area (Å²) in [6, 6.07) is 3.84. The Morgan fingerprint density at radius 1 is 1.14 bits per heavy atom. The van der Waals surface area contributed by atoms with Crippen LogP contribution in [-0.2, 0) is 14.0 Å². The van der Waals surface area contributed by atoms with Gasteiger partial charge in [-0.1, -0.05) is 0 Å². The van der Waals surface area contributed by atoms with Gasteiger partial charge < -0.3 is 19.8 Å². The normalized spacial score (nSPS) is 27.1. The molecule has 3 rings (SSSR count). The molecular weight excluding hydrogens is 279 g/mol. The molecule has 0 aromatic carbocycles. The highest BCUT2D eigenvalue weighted by Crippen LogP contribution is 2.36. The lowest BCUT2D eigenvalue weighted by molar-refractivity contribution is 0.00578. The van der Waals surface area contributed by atoms with E-state index in [0.717, 1.165) is 37.0 Å². The van der Waals surface area contributed by atoms with Gasteiger partial charge in [-0.2, -0.15) is 0 Å². The number of nitrogen functional groups attached to an aromatic ring is 1. The number of aromatic nitrogens is 1. The molecule has 3 heterocycles.